The maximum atomic E-state index is 12.8. The Bertz CT molecular complexity index is 1230. The molecular weight excluding hydrogens is 428 g/mol. The molecular formula is C21H13ClN2O5S. The van der Waals surface area contributed by atoms with Gasteiger partial charge in [0.15, 0.2) is 0 Å². The van der Waals surface area contributed by atoms with Crippen LogP contribution in [0.4, 0.5) is 16.2 Å². The largest absolute Gasteiger partial charge is 0.457 e. The first-order chi connectivity index (χ1) is 14.3. The summed E-state index contributed by atoms with van der Waals surface area (Å²) in [5, 5.41) is 10.6. The van der Waals surface area contributed by atoms with Crippen molar-refractivity contribution in [1.82, 2.24) is 0 Å². The van der Waals surface area contributed by atoms with Gasteiger partial charge in [-0.15, -0.1) is 0 Å². The molecule has 2 heterocycles. The molecule has 7 nitrogen and oxygen atoms in total. The first-order valence-corrected chi connectivity index (χ1v) is 9.92. The number of thioether (sulfide) groups is 1. The molecule has 3 aromatic rings. The van der Waals surface area contributed by atoms with Crippen LogP contribution in [0.5, 0.6) is 0 Å². The van der Waals surface area contributed by atoms with Crippen molar-refractivity contribution in [1.29, 1.82) is 0 Å². The zero-order chi connectivity index (χ0) is 21.4. The van der Waals surface area contributed by atoms with Crippen LogP contribution in [0.2, 0.25) is 5.02 Å². The van der Waals surface area contributed by atoms with Gasteiger partial charge in [0.25, 0.3) is 16.8 Å². The van der Waals surface area contributed by atoms with E-state index in [2.05, 4.69) is 0 Å². The molecule has 30 heavy (non-hydrogen) atoms. The lowest BCUT2D eigenvalue weighted by atomic mass is 10.1. The fourth-order valence-corrected chi connectivity index (χ4v) is 4.07. The molecule has 1 saturated heterocycles. The number of nitrogens with zero attached hydrogens (tertiary/aromatic N) is 2. The minimum Gasteiger partial charge on any atom is -0.457 e. The van der Waals surface area contributed by atoms with Crippen molar-refractivity contribution < 1.29 is 18.9 Å². The molecule has 0 aliphatic carbocycles. The quantitative estimate of drug-likeness (QED) is 0.278. The first-order valence-electron chi connectivity index (χ1n) is 8.72. The van der Waals surface area contributed by atoms with Gasteiger partial charge in [0.1, 0.15) is 11.5 Å². The van der Waals surface area contributed by atoms with Gasteiger partial charge in [-0.05, 0) is 54.6 Å². The number of carbonyl (C=O) groups is 2. The number of carbonyl (C=O) groups excluding carboxylic acids is 2. The third kappa shape index (κ3) is 3.74. The van der Waals surface area contributed by atoms with Gasteiger partial charge in [-0.25, -0.2) is 4.90 Å². The molecule has 0 unspecified atom stereocenters. The van der Waals surface area contributed by atoms with Crippen molar-refractivity contribution in [3.05, 3.63) is 86.0 Å². The maximum Gasteiger partial charge on any atom is 0.298 e. The Balaban J connectivity index is 1.61. The molecule has 2 amide bonds. The number of rotatable bonds is 4. The highest BCUT2D eigenvalue weighted by molar-refractivity contribution is 8.19. The third-order valence-corrected chi connectivity index (χ3v) is 5.56. The Morgan fingerprint density at radius 2 is 1.93 bits per heavy atom. The van der Waals surface area contributed by atoms with Crippen molar-refractivity contribution in [3.63, 3.8) is 0 Å². The Morgan fingerprint density at radius 3 is 2.63 bits per heavy atom. The molecule has 0 spiro atoms. The van der Waals surface area contributed by atoms with Crippen molar-refractivity contribution in [2.24, 2.45) is 0 Å². The smallest absolute Gasteiger partial charge is 0.298 e. The van der Waals surface area contributed by atoms with Crippen LogP contribution >= 0.6 is 23.4 Å². The number of imide groups is 1. The van der Waals surface area contributed by atoms with E-state index in [1.165, 1.54) is 24.3 Å². The number of furan rings is 1. The molecule has 0 N–H and O–H groups in total. The average molecular weight is 441 g/mol. The number of hydrogen-bond donors (Lipinski definition) is 0. The second-order valence-corrected chi connectivity index (χ2v) is 7.88. The predicted octanol–water partition coefficient (Wildman–Crippen LogP) is 6.06. The minimum atomic E-state index is -0.534. The second-order valence-electron chi connectivity index (χ2n) is 6.48. The van der Waals surface area contributed by atoms with Crippen LogP contribution in [0.3, 0.4) is 0 Å². The van der Waals surface area contributed by atoms with E-state index < -0.39 is 10.8 Å². The van der Waals surface area contributed by atoms with E-state index in [0.29, 0.717) is 22.8 Å². The van der Waals surface area contributed by atoms with Crippen LogP contribution in [0.15, 0.2) is 63.9 Å². The fourth-order valence-electron chi connectivity index (χ4n) is 2.98. The summed E-state index contributed by atoms with van der Waals surface area (Å²) in [6.45, 7) is 1.88. The standard InChI is InChI=1S/C21H13ClN2O5S/c1-12-3-2-4-13(9-12)23-20(25)19(30-21(23)26)11-15-6-8-18(29-15)16-7-5-14(24(27)28)10-17(16)22/h2-11H,1H3/b19-11+. The molecule has 0 bridgehead atoms. The van der Waals surface area contributed by atoms with Crippen LogP contribution in [-0.4, -0.2) is 16.1 Å². The molecule has 0 radical (unpaired) electrons. The summed E-state index contributed by atoms with van der Waals surface area (Å²) in [6.07, 6.45) is 1.49. The van der Waals surface area contributed by atoms with Crippen LogP contribution in [0, 0.1) is 17.0 Å². The van der Waals surface area contributed by atoms with Crippen LogP contribution in [0.1, 0.15) is 11.3 Å². The van der Waals surface area contributed by atoms with Gasteiger partial charge in [-0.2, -0.15) is 0 Å². The Hall–Kier alpha value is -3.36. The third-order valence-electron chi connectivity index (χ3n) is 4.38. The normalized spacial score (nSPS) is 15.3. The Labute approximate surface area is 180 Å². The van der Waals surface area contributed by atoms with E-state index >= 15 is 0 Å². The Kier molecular flexibility index (Phi) is 5.19. The monoisotopic (exact) mass is 440 g/mol. The molecule has 1 fully saturated rings. The number of nitro benzene ring substituents is 1. The molecule has 150 valence electrons. The number of halogens is 1. The summed E-state index contributed by atoms with van der Waals surface area (Å²) in [5.74, 6) is 0.315. The lowest BCUT2D eigenvalue weighted by Gasteiger charge is -2.12. The average Bonchev–Trinajstić information content (AvgIpc) is 3.26. The lowest BCUT2D eigenvalue weighted by molar-refractivity contribution is -0.384. The first kappa shape index (κ1) is 19.9. The van der Waals surface area contributed by atoms with Crippen molar-refractivity contribution >= 4 is 52.0 Å². The van der Waals surface area contributed by atoms with Crippen LogP contribution < -0.4 is 4.90 Å². The van der Waals surface area contributed by atoms with Gasteiger partial charge in [-0.1, -0.05) is 23.7 Å². The maximum absolute atomic E-state index is 12.8. The van der Waals surface area contributed by atoms with Gasteiger partial charge >= 0.3 is 0 Å². The molecule has 1 aliphatic heterocycles. The lowest BCUT2D eigenvalue weighted by Crippen LogP contribution is -2.27. The van der Waals surface area contributed by atoms with E-state index in [1.807, 2.05) is 13.0 Å². The fraction of sp³-hybridized carbons (Fsp3) is 0.0476. The van der Waals surface area contributed by atoms with Gasteiger partial charge in [0.05, 0.1) is 20.5 Å². The van der Waals surface area contributed by atoms with E-state index in [0.717, 1.165) is 22.2 Å². The summed E-state index contributed by atoms with van der Waals surface area (Å²) < 4.78 is 5.73. The van der Waals surface area contributed by atoms with Gasteiger partial charge in [-0.3, -0.25) is 19.7 Å². The number of benzene rings is 2. The number of hydrogen-bond acceptors (Lipinski definition) is 6. The van der Waals surface area contributed by atoms with Crippen molar-refractivity contribution in [2.45, 2.75) is 6.92 Å². The highest BCUT2D eigenvalue weighted by Gasteiger charge is 2.36. The van der Waals surface area contributed by atoms with Crippen molar-refractivity contribution in [3.8, 4) is 11.3 Å². The molecule has 1 aromatic heterocycles. The zero-order valence-electron chi connectivity index (χ0n) is 15.5. The van der Waals surface area contributed by atoms with E-state index in [1.54, 1.807) is 30.3 Å². The molecule has 0 saturated carbocycles. The molecule has 2 aromatic carbocycles. The van der Waals surface area contributed by atoms with Gasteiger partial charge in [0.2, 0.25) is 0 Å². The topological polar surface area (TPSA) is 93.7 Å². The summed E-state index contributed by atoms with van der Waals surface area (Å²) >= 11 is 6.97. The summed E-state index contributed by atoms with van der Waals surface area (Å²) in [4.78, 5) is 36.8. The minimum absolute atomic E-state index is 0.125. The highest BCUT2D eigenvalue weighted by Crippen LogP contribution is 2.37. The number of non-ortho nitro benzene ring substituents is 1. The second kappa shape index (κ2) is 7.81. The molecule has 4 rings (SSSR count). The molecule has 0 atom stereocenters. The highest BCUT2D eigenvalue weighted by atomic mass is 35.5. The molecule has 1 aliphatic rings. The SMILES string of the molecule is Cc1cccc(N2C(=O)S/C(=C/c3ccc(-c4ccc([N+](=O)[O-])cc4Cl)o3)C2=O)c1. The van der Waals surface area contributed by atoms with Gasteiger partial charge < -0.3 is 4.42 Å². The molecule has 9 heteroatoms. The Morgan fingerprint density at radius 1 is 1.13 bits per heavy atom. The predicted molar refractivity (Wildman–Crippen MR) is 115 cm³/mol. The van der Waals surface area contributed by atoms with E-state index in [-0.39, 0.29) is 20.9 Å². The summed E-state index contributed by atoms with van der Waals surface area (Å²) in [6, 6.07) is 14.5. The van der Waals surface area contributed by atoms with E-state index in [9.17, 15) is 19.7 Å². The number of amides is 2. The summed E-state index contributed by atoms with van der Waals surface area (Å²) in [5.41, 5.74) is 1.81. The van der Waals surface area contributed by atoms with Crippen LogP contribution in [-0.2, 0) is 4.79 Å². The van der Waals surface area contributed by atoms with E-state index in [4.69, 9.17) is 16.0 Å². The zero-order valence-corrected chi connectivity index (χ0v) is 17.1. The van der Waals surface area contributed by atoms with Crippen molar-refractivity contribution in [2.75, 3.05) is 4.90 Å². The van der Waals surface area contributed by atoms with Crippen LogP contribution in [0.25, 0.3) is 17.4 Å². The number of anilines is 1. The number of aryl methyl sites for hydroxylation is 1. The van der Waals surface area contributed by atoms with Gasteiger partial charge in [0, 0.05) is 23.8 Å². The summed E-state index contributed by atoms with van der Waals surface area (Å²) in [7, 11) is 0. The number of nitro groups is 1.